The second-order valence-electron chi connectivity index (χ2n) is 7.88. The molecular formula is C27H28N4O5. The Morgan fingerprint density at radius 1 is 0.889 bits per heavy atom. The zero-order valence-electron chi connectivity index (χ0n) is 20.2. The molecule has 0 saturated carbocycles. The molecule has 2 N–H and O–H groups in total. The lowest BCUT2D eigenvalue weighted by atomic mass is 10.1. The summed E-state index contributed by atoms with van der Waals surface area (Å²) in [6, 6.07) is 23.1. The Bertz CT molecular complexity index is 1260. The first-order chi connectivity index (χ1) is 17.6. The number of ether oxygens (including phenoxy) is 3. The van der Waals surface area contributed by atoms with Crippen molar-refractivity contribution in [2.45, 2.75) is 13.0 Å². The van der Waals surface area contributed by atoms with Crippen molar-refractivity contribution < 1.29 is 23.4 Å². The van der Waals surface area contributed by atoms with Crippen LogP contribution in [0.5, 0.6) is 17.2 Å². The molecule has 0 aliphatic heterocycles. The maximum atomic E-state index is 12.2. The topological polar surface area (TPSA) is 108 Å². The van der Waals surface area contributed by atoms with E-state index in [0.29, 0.717) is 30.5 Å². The van der Waals surface area contributed by atoms with Gasteiger partial charge in [0.1, 0.15) is 12.4 Å². The fraction of sp³-hybridized carbons (Fsp3) is 0.222. The summed E-state index contributed by atoms with van der Waals surface area (Å²) in [7, 11) is 3.20. The maximum Gasteiger partial charge on any atom is 0.322 e. The summed E-state index contributed by atoms with van der Waals surface area (Å²) in [5, 5.41) is 13.6. The first-order valence-electron chi connectivity index (χ1n) is 11.5. The van der Waals surface area contributed by atoms with Crippen molar-refractivity contribution in [1.82, 2.24) is 15.5 Å². The number of hydrogen-bond acceptors (Lipinski definition) is 8. The lowest BCUT2D eigenvalue weighted by Gasteiger charge is -2.10. The lowest BCUT2D eigenvalue weighted by molar-refractivity contribution is -0.115. The fourth-order valence-electron chi connectivity index (χ4n) is 3.46. The molecule has 0 spiro atoms. The van der Waals surface area contributed by atoms with Gasteiger partial charge in [-0.05, 0) is 60.5 Å². The number of methoxy groups -OCH3 is 2. The molecule has 0 aliphatic carbocycles. The first kappa shape index (κ1) is 24.7. The lowest BCUT2D eigenvalue weighted by Crippen LogP contribution is -2.29. The summed E-state index contributed by atoms with van der Waals surface area (Å²) in [5.41, 5.74) is 2.89. The van der Waals surface area contributed by atoms with E-state index < -0.39 is 0 Å². The van der Waals surface area contributed by atoms with Crippen molar-refractivity contribution in [3.8, 4) is 28.7 Å². The first-order valence-corrected chi connectivity index (χ1v) is 11.5. The van der Waals surface area contributed by atoms with Crippen molar-refractivity contribution in [2.24, 2.45) is 0 Å². The molecule has 3 aromatic carbocycles. The Morgan fingerprint density at radius 3 is 2.42 bits per heavy atom. The minimum Gasteiger partial charge on any atom is -0.493 e. The monoisotopic (exact) mass is 488 g/mol. The molecule has 0 unspecified atom stereocenters. The molecule has 0 aliphatic rings. The van der Waals surface area contributed by atoms with E-state index in [1.165, 1.54) is 0 Å². The molecule has 0 atom stereocenters. The third kappa shape index (κ3) is 6.83. The van der Waals surface area contributed by atoms with Gasteiger partial charge in [0, 0.05) is 5.56 Å². The van der Waals surface area contributed by atoms with Crippen LogP contribution in [0.4, 0.5) is 6.01 Å². The van der Waals surface area contributed by atoms with Gasteiger partial charge in [0.15, 0.2) is 11.5 Å². The molecule has 0 fully saturated rings. The van der Waals surface area contributed by atoms with Gasteiger partial charge in [-0.2, -0.15) is 0 Å². The minimum atomic E-state index is -0.276. The molecule has 36 heavy (non-hydrogen) atoms. The van der Waals surface area contributed by atoms with Crippen LogP contribution in [0.2, 0.25) is 0 Å². The molecular weight excluding hydrogens is 460 g/mol. The van der Waals surface area contributed by atoms with Gasteiger partial charge in [0.2, 0.25) is 11.8 Å². The molecule has 0 bridgehead atoms. The highest BCUT2D eigenvalue weighted by molar-refractivity contribution is 5.90. The maximum absolute atomic E-state index is 12.2. The number of amides is 1. The van der Waals surface area contributed by atoms with Gasteiger partial charge >= 0.3 is 6.01 Å². The third-order valence-electron chi connectivity index (χ3n) is 5.34. The van der Waals surface area contributed by atoms with Crippen molar-refractivity contribution >= 4 is 11.9 Å². The summed E-state index contributed by atoms with van der Waals surface area (Å²) in [6.07, 6.45) is 0.726. The zero-order chi connectivity index (χ0) is 25.2. The van der Waals surface area contributed by atoms with E-state index in [-0.39, 0.29) is 18.5 Å². The predicted molar refractivity (Wildman–Crippen MR) is 135 cm³/mol. The quantitative estimate of drug-likeness (QED) is 0.287. The van der Waals surface area contributed by atoms with Crippen LogP contribution < -0.4 is 24.8 Å². The van der Waals surface area contributed by atoms with E-state index in [2.05, 4.69) is 20.8 Å². The number of carbonyl (C=O) groups is 1. The minimum absolute atomic E-state index is 0.0427. The van der Waals surface area contributed by atoms with Gasteiger partial charge in [-0.3, -0.25) is 10.1 Å². The smallest absolute Gasteiger partial charge is 0.322 e. The van der Waals surface area contributed by atoms with E-state index in [4.69, 9.17) is 18.6 Å². The number of nitrogens with one attached hydrogen (secondary N) is 2. The Kier molecular flexibility index (Phi) is 8.50. The largest absolute Gasteiger partial charge is 0.493 e. The Morgan fingerprint density at radius 2 is 1.67 bits per heavy atom. The molecule has 0 saturated heterocycles. The van der Waals surface area contributed by atoms with Gasteiger partial charge in [-0.15, -0.1) is 5.10 Å². The van der Waals surface area contributed by atoms with Gasteiger partial charge in [-0.25, -0.2) is 0 Å². The van der Waals surface area contributed by atoms with Crippen LogP contribution >= 0.6 is 0 Å². The molecule has 1 aromatic heterocycles. The van der Waals surface area contributed by atoms with E-state index in [0.717, 1.165) is 28.9 Å². The Balaban J connectivity index is 1.21. The molecule has 9 heteroatoms. The van der Waals surface area contributed by atoms with E-state index in [1.54, 1.807) is 14.2 Å². The summed E-state index contributed by atoms with van der Waals surface area (Å²) < 4.78 is 21.9. The molecule has 1 amide bonds. The molecule has 9 nitrogen and oxygen atoms in total. The second-order valence-corrected chi connectivity index (χ2v) is 7.88. The SMILES string of the molecule is COc1ccc(CCNCC(=O)Nc2nnc(-c3ccc(OCc4ccccc4)cc3)o2)cc1OC. The predicted octanol–water partition coefficient (Wildman–Crippen LogP) is 4.10. The normalized spacial score (nSPS) is 10.6. The standard InChI is InChI=1S/C27H28N4O5/c1-33-23-13-8-19(16-24(23)34-2)14-15-28-17-25(32)29-27-31-30-26(36-27)21-9-11-22(12-10-21)35-18-20-6-4-3-5-7-20/h3-13,16,28H,14-15,17-18H2,1-2H3,(H,29,31,32). The van der Waals surface area contributed by atoms with Crippen LogP contribution in [-0.2, 0) is 17.8 Å². The van der Waals surface area contributed by atoms with Crippen molar-refractivity contribution in [3.63, 3.8) is 0 Å². The van der Waals surface area contributed by atoms with Crippen molar-refractivity contribution in [1.29, 1.82) is 0 Å². The van der Waals surface area contributed by atoms with Crippen LogP contribution in [0.3, 0.4) is 0 Å². The molecule has 4 aromatic rings. The highest BCUT2D eigenvalue weighted by Crippen LogP contribution is 2.27. The van der Waals surface area contributed by atoms with Crippen molar-refractivity contribution in [2.75, 3.05) is 32.6 Å². The van der Waals surface area contributed by atoms with Crippen molar-refractivity contribution in [3.05, 3.63) is 83.9 Å². The molecule has 1 heterocycles. The van der Waals surface area contributed by atoms with Crippen LogP contribution in [0, 0.1) is 0 Å². The summed E-state index contributed by atoms with van der Waals surface area (Å²) in [4.78, 5) is 12.2. The number of nitrogens with zero attached hydrogens (tertiary/aromatic N) is 2. The average molecular weight is 489 g/mol. The molecule has 186 valence electrons. The Labute approximate surface area is 209 Å². The number of rotatable bonds is 12. The van der Waals surface area contributed by atoms with Gasteiger partial charge in [0.25, 0.3) is 0 Å². The summed E-state index contributed by atoms with van der Waals surface area (Å²) in [6.45, 7) is 1.20. The van der Waals surface area contributed by atoms with E-state index in [1.807, 2.05) is 72.8 Å². The number of aromatic nitrogens is 2. The highest BCUT2D eigenvalue weighted by atomic mass is 16.5. The average Bonchev–Trinajstić information content (AvgIpc) is 3.39. The van der Waals surface area contributed by atoms with Crippen LogP contribution in [0.25, 0.3) is 11.5 Å². The van der Waals surface area contributed by atoms with E-state index >= 15 is 0 Å². The van der Waals surface area contributed by atoms with Gasteiger partial charge < -0.3 is 23.9 Å². The number of anilines is 1. The van der Waals surface area contributed by atoms with E-state index in [9.17, 15) is 4.79 Å². The second kappa shape index (κ2) is 12.4. The number of benzene rings is 3. The Hall–Kier alpha value is -4.37. The highest BCUT2D eigenvalue weighted by Gasteiger charge is 2.12. The number of carbonyl (C=O) groups excluding carboxylic acids is 1. The van der Waals surface area contributed by atoms with Crippen LogP contribution in [0.1, 0.15) is 11.1 Å². The van der Waals surface area contributed by atoms with Crippen LogP contribution in [0.15, 0.2) is 77.2 Å². The van der Waals surface area contributed by atoms with Gasteiger partial charge in [0.05, 0.1) is 20.8 Å². The zero-order valence-corrected chi connectivity index (χ0v) is 20.2. The molecule has 4 rings (SSSR count). The van der Waals surface area contributed by atoms with Gasteiger partial charge in [-0.1, -0.05) is 41.5 Å². The third-order valence-corrected chi connectivity index (χ3v) is 5.34. The molecule has 0 radical (unpaired) electrons. The summed E-state index contributed by atoms with van der Waals surface area (Å²) in [5.74, 6) is 2.12. The van der Waals surface area contributed by atoms with Crippen LogP contribution in [-0.4, -0.2) is 43.4 Å². The summed E-state index contributed by atoms with van der Waals surface area (Å²) >= 11 is 0. The fourth-order valence-corrected chi connectivity index (χ4v) is 3.46. The number of hydrogen-bond donors (Lipinski definition) is 2.